The van der Waals surface area contributed by atoms with E-state index < -0.39 is 5.60 Å². The molecule has 0 saturated carbocycles. The number of nitrogens with one attached hydrogen (secondary N) is 2. The number of ether oxygens (including phenoxy) is 1. The van der Waals surface area contributed by atoms with Crippen LogP contribution in [0.1, 0.15) is 46.5 Å². The molecule has 0 atom stereocenters. The average molecular weight is 404 g/mol. The molecule has 0 bridgehead atoms. The summed E-state index contributed by atoms with van der Waals surface area (Å²) in [4.78, 5) is 17.0. The van der Waals surface area contributed by atoms with Crippen molar-refractivity contribution in [1.29, 1.82) is 0 Å². The van der Waals surface area contributed by atoms with E-state index in [1.165, 1.54) is 18.5 Å². The zero-order valence-corrected chi connectivity index (χ0v) is 18.3. The van der Waals surface area contributed by atoms with Gasteiger partial charge in [-0.2, -0.15) is 0 Å². The third kappa shape index (κ3) is 5.92. The summed E-state index contributed by atoms with van der Waals surface area (Å²) in [7, 11) is 1.91. The molecule has 0 spiro atoms. The van der Waals surface area contributed by atoms with Crippen LogP contribution in [0.25, 0.3) is 0 Å². The van der Waals surface area contributed by atoms with Gasteiger partial charge in [-0.15, -0.1) is 0 Å². The van der Waals surface area contributed by atoms with Gasteiger partial charge in [0.15, 0.2) is 0 Å². The van der Waals surface area contributed by atoms with Gasteiger partial charge in [0.05, 0.1) is 11.4 Å². The minimum Gasteiger partial charge on any atom is -0.444 e. The number of amides is 1. The Kier molecular flexibility index (Phi) is 6.77. The van der Waals surface area contributed by atoms with Crippen molar-refractivity contribution < 1.29 is 9.53 Å². The molecule has 0 radical (unpaired) electrons. The summed E-state index contributed by atoms with van der Waals surface area (Å²) in [6.45, 7) is 9.89. The summed E-state index contributed by atoms with van der Waals surface area (Å²) >= 11 is 0. The van der Waals surface area contributed by atoms with Crippen LogP contribution in [0.5, 0.6) is 0 Å². The molecule has 3 rings (SSSR count). The van der Waals surface area contributed by atoms with Gasteiger partial charge in [0, 0.05) is 51.0 Å². The van der Waals surface area contributed by atoms with Crippen LogP contribution in [0.2, 0.25) is 0 Å². The summed E-state index contributed by atoms with van der Waals surface area (Å²) in [5.74, 6) is 0. The highest BCUT2D eigenvalue weighted by molar-refractivity contribution is 5.72. The van der Waals surface area contributed by atoms with Crippen molar-refractivity contribution in [3.05, 3.63) is 18.2 Å². The second kappa shape index (κ2) is 9.11. The number of benzene rings is 1. The van der Waals surface area contributed by atoms with E-state index in [4.69, 9.17) is 10.5 Å². The lowest BCUT2D eigenvalue weighted by molar-refractivity contribution is 0.0463. The number of rotatable bonds is 4. The molecule has 0 aromatic heterocycles. The lowest BCUT2D eigenvalue weighted by Crippen LogP contribution is -2.51. The van der Waals surface area contributed by atoms with Crippen LogP contribution in [0.4, 0.5) is 21.9 Å². The molecule has 162 valence electrons. The highest BCUT2D eigenvalue weighted by atomic mass is 16.6. The Bertz CT molecular complexity index is 687. The molecule has 2 aliphatic rings. The normalized spacial score (nSPS) is 19.8. The molecule has 7 heteroatoms. The minimum atomic E-state index is -0.447. The molecule has 1 aromatic rings. The van der Waals surface area contributed by atoms with Crippen LogP contribution in [-0.2, 0) is 4.74 Å². The van der Waals surface area contributed by atoms with Gasteiger partial charge in [-0.05, 0) is 64.7 Å². The van der Waals surface area contributed by atoms with Crippen molar-refractivity contribution in [2.24, 2.45) is 0 Å². The SMILES string of the molecule is CNc1cc(N2CCC(N3CCC(NC(=O)OC(C)(C)C)CC3)CC2)ccc1N. The zero-order chi connectivity index (χ0) is 21.0. The summed E-state index contributed by atoms with van der Waals surface area (Å²) in [5, 5.41) is 6.20. The summed E-state index contributed by atoms with van der Waals surface area (Å²) in [6.07, 6.45) is 4.02. The first kappa shape index (κ1) is 21.6. The summed E-state index contributed by atoms with van der Waals surface area (Å²) < 4.78 is 5.38. The van der Waals surface area contributed by atoms with E-state index in [0.717, 1.165) is 50.4 Å². The maximum atomic E-state index is 12.0. The summed E-state index contributed by atoms with van der Waals surface area (Å²) in [5.41, 5.74) is 8.57. The number of nitrogen functional groups attached to an aromatic ring is 1. The van der Waals surface area contributed by atoms with Crippen LogP contribution in [-0.4, -0.2) is 61.9 Å². The molecule has 29 heavy (non-hydrogen) atoms. The number of alkyl carbamates (subject to hydrolysis) is 1. The number of carbonyl (C=O) groups is 1. The van der Waals surface area contributed by atoms with Crippen LogP contribution >= 0.6 is 0 Å². The Balaban J connectivity index is 1.44. The van der Waals surface area contributed by atoms with Gasteiger partial charge in [-0.25, -0.2) is 4.79 Å². The van der Waals surface area contributed by atoms with E-state index in [2.05, 4.69) is 32.6 Å². The molecule has 2 saturated heterocycles. The van der Waals surface area contributed by atoms with Crippen LogP contribution in [0.15, 0.2) is 18.2 Å². The van der Waals surface area contributed by atoms with Crippen LogP contribution < -0.4 is 21.3 Å². The summed E-state index contributed by atoms with van der Waals surface area (Å²) in [6, 6.07) is 7.09. The molecule has 0 aliphatic carbocycles. The second-order valence-electron chi connectivity index (χ2n) is 9.20. The third-order valence-corrected chi connectivity index (χ3v) is 5.90. The standard InChI is InChI=1S/C22H37N5O2/c1-22(2,3)29-21(28)25-16-7-11-26(12-8-16)17-9-13-27(14-10-17)18-5-6-19(23)20(15-18)24-4/h5-6,15-17,24H,7-14,23H2,1-4H3,(H,25,28). The predicted octanol–water partition coefficient (Wildman–Crippen LogP) is 3.27. The van der Waals surface area contributed by atoms with Gasteiger partial charge in [0.2, 0.25) is 0 Å². The predicted molar refractivity (Wildman–Crippen MR) is 120 cm³/mol. The highest BCUT2D eigenvalue weighted by Crippen LogP contribution is 2.29. The molecule has 7 nitrogen and oxygen atoms in total. The van der Waals surface area contributed by atoms with Crippen LogP contribution in [0, 0.1) is 0 Å². The van der Waals surface area contributed by atoms with Crippen molar-refractivity contribution in [2.45, 2.75) is 64.1 Å². The van der Waals surface area contributed by atoms with Gasteiger partial charge in [0.1, 0.15) is 5.60 Å². The molecular formula is C22H37N5O2. The number of nitrogens with zero attached hydrogens (tertiary/aromatic N) is 2. The Labute approximate surface area is 174 Å². The van der Waals surface area contributed by atoms with E-state index in [-0.39, 0.29) is 12.1 Å². The maximum Gasteiger partial charge on any atom is 0.407 e. The molecule has 1 aromatic carbocycles. The van der Waals surface area contributed by atoms with Gasteiger partial charge in [-0.3, -0.25) is 0 Å². The Morgan fingerprint density at radius 3 is 2.34 bits per heavy atom. The largest absolute Gasteiger partial charge is 0.444 e. The van der Waals surface area contributed by atoms with Gasteiger partial charge >= 0.3 is 6.09 Å². The van der Waals surface area contributed by atoms with Crippen LogP contribution in [0.3, 0.4) is 0 Å². The Morgan fingerprint density at radius 1 is 1.10 bits per heavy atom. The van der Waals surface area contributed by atoms with Gasteiger partial charge in [0.25, 0.3) is 0 Å². The zero-order valence-electron chi connectivity index (χ0n) is 18.3. The number of anilines is 3. The number of hydrogen-bond acceptors (Lipinski definition) is 6. The number of hydrogen-bond donors (Lipinski definition) is 3. The maximum absolute atomic E-state index is 12.0. The fraction of sp³-hybridized carbons (Fsp3) is 0.682. The first-order chi connectivity index (χ1) is 13.7. The third-order valence-electron chi connectivity index (χ3n) is 5.90. The topological polar surface area (TPSA) is 82.9 Å². The number of nitrogens with two attached hydrogens (primary N) is 1. The quantitative estimate of drug-likeness (QED) is 0.670. The van der Waals surface area contributed by atoms with E-state index >= 15 is 0 Å². The fourth-order valence-electron chi connectivity index (χ4n) is 4.33. The van der Waals surface area contributed by atoms with E-state index in [9.17, 15) is 4.79 Å². The molecule has 4 N–H and O–H groups in total. The lowest BCUT2D eigenvalue weighted by Gasteiger charge is -2.42. The van der Waals surface area contributed by atoms with E-state index in [0.29, 0.717) is 6.04 Å². The minimum absolute atomic E-state index is 0.218. The second-order valence-corrected chi connectivity index (χ2v) is 9.20. The molecule has 2 fully saturated rings. The number of carbonyl (C=O) groups excluding carboxylic acids is 1. The lowest BCUT2D eigenvalue weighted by atomic mass is 9.97. The van der Waals surface area contributed by atoms with Crippen molar-refractivity contribution in [3.63, 3.8) is 0 Å². The number of likely N-dealkylation sites (tertiary alicyclic amines) is 1. The molecule has 1 amide bonds. The van der Waals surface area contributed by atoms with Gasteiger partial charge < -0.3 is 30.9 Å². The highest BCUT2D eigenvalue weighted by Gasteiger charge is 2.29. The smallest absolute Gasteiger partial charge is 0.407 e. The number of piperidine rings is 2. The van der Waals surface area contributed by atoms with E-state index in [1.807, 2.05) is 33.9 Å². The van der Waals surface area contributed by atoms with Crippen molar-refractivity contribution in [2.75, 3.05) is 49.2 Å². The average Bonchev–Trinajstić information content (AvgIpc) is 2.68. The molecule has 0 unspecified atom stereocenters. The molecular weight excluding hydrogens is 366 g/mol. The first-order valence-electron chi connectivity index (χ1n) is 10.8. The molecule has 2 heterocycles. The Hall–Kier alpha value is -2.15. The van der Waals surface area contributed by atoms with Crippen molar-refractivity contribution >= 4 is 23.2 Å². The van der Waals surface area contributed by atoms with Crippen molar-refractivity contribution in [1.82, 2.24) is 10.2 Å². The Morgan fingerprint density at radius 2 is 1.76 bits per heavy atom. The monoisotopic (exact) mass is 403 g/mol. The first-order valence-corrected chi connectivity index (χ1v) is 10.8. The van der Waals surface area contributed by atoms with Gasteiger partial charge in [-0.1, -0.05) is 0 Å². The van der Waals surface area contributed by atoms with Crippen molar-refractivity contribution in [3.8, 4) is 0 Å². The fourth-order valence-corrected chi connectivity index (χ4v) is 4.33. The molecule has 2 aliphatic heterocycles. The van der Waals surface area contributed by atoms with E-state index in [1.54, 1.807) is 0 Å².